The minimum absolute atomic E-state index is 0.0358. The van der Waals surface area contributed by atoms with Gasteiger partial charge in [-0.3, -0.25) is 9.59 Å². The van der Waals surface area contributed by atoms with Crippen LogP contribution in [0.15, 0.2) is 65.7 Å². The van der Waals surface area contributed by atoms with Crippen LogP contribution in [-0.4, -0.2) is 28.0 Å². The zero-order valence-corrected chi connectivity index (χ0v) is 20.5. The van der Waals surface area contributed by atoms with Crippen LogP contribution in [0.5, 0.6) is 11.6 Å². The Morgan fingerprint density at radius 3 is 2.63 bits per heavy atom. The SMILES string of the molecule is CSc1ccc(-c2nc(NC(=O)Cc3ccc(Oc4ncccc4C(N)=O)c(F)c3)sc2C)cc1. The molecule has 2 heterocycles. The number of halogens is 1. The highest BCUT2D eigenvalue weighted by Crippen LogP contribution is 2.32. The van der Waals surface area contributed by atoms with Crippen molar-refractivity contribution in [2.75, 3.05) is 11.6 Å². The van der Waals surface area contributed by atoms with E-state index >= 15 is 0 Å². The monoisotopic (exact) mass is 508 g/mol. The summed E-state index contributed by atoms with van der Waals surface area (Å²) in [5.74, 6) is -1.99. The molecule has 178 valence electrons. The van der Waals surface area contributed by atoms with Gasteiger partial charge in [-0.15, -0.1) is 23.1 Å². The highest BCUT2D eigenvalue weighted by molar-refractivity contribution is 7.98. The van der Waals surface area contributed by atoms with Crippen molar-refractivity contribution in [1.29, 1.82) is 0 Å². The Bertz CT molecular complexity index is 1390. The van der Waals surface area contributed by atoms with Crippen molar-refractivity contribution < 1.29 is 18.7 Å². The molecule has 35 heavy (non-hydrogen) atoms. The standard InChI is InChI=1S/C25H21FN4O3S2/c1-14-22(16-6-8-17(34-2)9-7-16)30-25(35-14)29-21(31)13-15-5-10-20(19(26)12-15)33-24-18(23(27)32)4-3-11-28-24/h3-12H,13H2,1-2H3,(H2,27,32)(H,29,30,31). The fourth-order valence-corrected chi connectivity index (χ4v) is 4.58. The quantitative estimate of drug-likeness (QED) is 0.307. The molecule has 0 aliphatic heterocycles. The molecule has 0 bridgehead atoms. The van der Waals surface area contributed by atoms with Crippen LogP contribution >= 0.6 is 23.1 Å². The Labute approximate surface area is 209 Å². The number of ether oxygens (including phenoxy) is 1. The highest BCUT2D eigenvalue weighted by Gasteiger charge is 2.16. The number of pyridine rings is 1. The van der Waals surface area contributed by atoms with Gasteiger partial charge in [-0.1, -0.05) is 18.2 Å². The second-order valence-corrected chi connectivity index (χ2v) is 9.55. The number of nitrogens with zero attached hydrogens (tertiary/aromatic N) is 2. The maximum Gasteiger partial charge on any atom is 0.254 e. The molecule has 4 rings (SSSR count). The third-order valence-corrected chi connectivity index (χ3v) is 6.64. The summed E-state index contributed by atoms with van der Waals surface area (Å²) >= 11 is 3.05. The number of nitrogens with two attached hydrogens (primary N) is 1. The topological polar surface area (TPSA) is 107 Å². The van der Waals surface area contributed by atoms with Gasteiger partial charge in [0.25, 0.3) is 5.91 Å². The van der Waals surface area contributed by atoms with Gasteiger partial charge in [0.05, 0.1) is 12.1 Å². The van der Waals surface area contributed by atoms with Crippen molar-refractivity contribution in [2.24, 2.45) is 5.73 Å². The number of primary amides is 1. The largest absolute Gasteiger partial charge is 0.435 e. The molecule has 2 aromatic carbocycles. The van der Waals surface area contributed by atoms with E-state index in [0.29, 0.717) is 10.7 Å². The molecule has 0 spiro atoms. The van der Waals surface area contributed by atoms with Gasteiger partial charge in [-0.05, 0) is 55.1 Å². The molecule has 3 N–H and O–H groups in total. The van der Waals surface area contributed by atoms with Gasteiger partial charge in [0.1, 0.15) is 5.56 Å². The maximum absolute atomic E-state index is 14.6. The van der Waals surface area contributed by atoms with Gasteiger partial charge in [-0.25, -0.2) is 14.4 Å². The number of carbonyl (C=O) groups is 2. The van der Waals surface area contributed by atoms with E-state index in [1.54, 1.807) is 17.8 Å². The molecule has 0 saturated carbocycles. The zero-order chi connectivity index (χ0) is 24.9. The Kier molecular flexibility index (Phi) is 7.42. The van der Waals surface area contributed by atoms with Gasteiger partial charge < -0.3 is 15.8 Å². The first-order valence-electron chi connectivity index (χ1n) is 10.5. The van der Waals surface area contributed by atoms with E-state index in [2.05, 4.69) is 15.3 Å². The molecular weight excluding hydrogens is 487 g/mol. The average Bonchev–Trinajstić information content (AvgIpc) is 3.20. The molecule has 2 aromatic heterocycles. The summed E-state index contributed by atoms with van der Waals surface area (Å²) in [4.78, 5) is 34.7. The number of amides is 2. The van der Waals surface area contributed by atoms with Gasteiger partial charge in [0.15, 0.2) is 16.7 Å². The first-order valence-corrected chi connectivity index (χ1v) is 12.5. The molecule has 0 unspecified atom stereocenters. The van der Waals surface area contributed by atoms with E-state index in [1.807, 2.05) is 37.4 Å². The van der Waals surface area contributed by atoms with E-state index < -0.39 is 11.7 Å². The molecule has 0 saturated heterocycles. The van der Waals surface area contributed by atoms with Crippen LogP contribution in [0.2, 0.25) is 0 Å². The van der Waals surface area contributed by atoms with Crippen molar-refractivity contribution >= 4 is 40.0 Å². The molecule has 4 aromatic rings. The zero-order valence-electron chi connectivity index (χ0n) is 18.9. The molecule has 0 atom stereocenters. The lowest BCUT2D eigenvalue weighted by Gasteiger charge is -2.09. The summed E-state index contributed by atoms with van der Waals surface area (Å²) in [6, 6.07) is 15.2. The van der Waals surface area contributed by atoms with Crippen LogP contribution in [0.4, 0.5) is 9.52 Å². The van der Waals surface area contributed by atoms with Crippen molar-refractivity contribution in [1.82, 2.24) is 9.97 Å². The predicted octanol–water partition coefficient (Wildman–Crippen LogP) is 5.45. The molecule has 0 radical (unpaired) electrons. The number of benzene rings is 2. The van der Waals surface area contributed by atoms with Crippen molar-refractivity contribution in [2.45, 2.75) is 18.2 Å². The second-order valence-electron chi connectivity index (χ2n) is 7.46. The Morgan fingerprint density at radius 1 is 1.17 bits per heavy atom. The first-order chi connectivity index (χ1) is 16.8. The van der Waals surface area contributed by atoms with Crippen LogP contribution in [0.3, 0.4) is 0 Å². The molecule has 0 aliphatic carbocycles. The number of thiazole rings is 1. The summed E-state index contributed by atoms with van der Waals surface area (Å²) < 4.78 is 20.1. The van der Waals surface area contributed by atoms with Gasteiger partial charge in [-0.2, -0.15) is 0 Å². The minimum atomic E-state index is -0.737. The number of hydrogen-bond donors (Lipinski definition) is 2. The lowest BCUT2D eigenvalue weighted by atomic mass is 10.1. The Balaban J connectivity index is 1.42. The van der Waals surface area contributed by atoms with Crippen LogP contribution in [0, 0.1) is 12.7 Å². The third-order valence-electron chi connectivity index (χ3n) is 5.01. The number of aromatic nitrogens is 2. The second kappa shape index (κ2) is 10.7. The smallest absolute Gasteiger partial charge is 0.254 e. The van der Waals surface area contributed by atoms with E-state index in [4.69, 9.17) is 10.5 Å². The molecule has 10 heteroatoms. The molecule has 7 nitrogen and oxygen atoms in total. The highest BCUT2D eigenvalue weighted by atomic mass is 32.2. The van der Waals surface area contributed by atoms with Crippen LogP contribution in [0.1, 0.15) is 20.8 Å². The Hall–Kier alpha value is -3.76. The summed E-state index contributed by atoms with van der Waals surface area (Å²) in [5, 5.41) is 3.26. The maximum atomic E-state index is 14.6. The number of nitrogens with one attached hydrogen (secondary N) is 1. The normalized spacial score (nSPS) is 10.7. The molecule has 2 amide bonds. The summed E-state index contributed by atoms with van der Waals surface area (Å²) in [5.41, 5.74) is 7.58. The fourth-order valence-electron chi connectivity index (χ4n) is 3.32. The van der Waals surface area contributed by atoms with E-state index in [1.165, 1.54) is 41.8 Å². The van der Waals surface area contributed by atoms with Crippen molar-refractivity contribution in [3.05, 3.63) is 82.6 Å². The van der Waals surface area contributed by atoms with Gasteiger partial charge in [0, 0.05) is 21.5 Å². The van der Waals surface area contributed by atoms with Gasteiger partial charge in [0.2, 0.25) is 11.8 Å². The fraction of sp³-hybridized carbons (Fsp3) is 0.120. The number of rotatable bonds is 8. The van der Waals surface area contributed by atoms with Crippen LogP contribution < -0.4 is 15.8 Å². The van der Waals surface area contributed by atoms with Crippen molar-refractivity contribution in [3.8, 4) is 22.9 Å². The summed E-state index contributed by atoms with van der Waals surface area (Å²) in [6.45, 7) is 1.95. The summed E-state index contributed by atoms with van der Waals surface area (Å²) in [6.07, 6.45) is 3.37. The lowest BCUT2D eigenvalue weighted by Crippen LogP contribution is -2.14. The molecule has 0 aliphatic rings. The van der Waals surface area contributed by atoms with Crippen LogP contribution in [0.25, 0.3) is 11.3 Å². The number of aryl methyl sites for hydroxylation is 1. The number of anilines is 1. The van der Waals surface area contributed by atoms with E-state index in [-0.39, 0.29) is 29.5 Å². The van der Waals surface area contributed by atoms with E-state index in [0.717, 1.165) is 21.0 Å². The average molecular weight is 509 g/mol. The van der Waals surface area contributed by atoms with E-state index in [9.17, 15) is 14.0 Å². The van der Waals surface area contributed by atoms with Crippen molar-refractivity contribution in [3.63, 3.8) is 0 Å². The number of hydrogen-bond acceptors (Lipinski definition) is 7. The van der Waals surface area contributed by atoms with Crippen LogP contribution in [-0.2, 0) is 11.2 Å². The van der Waals surface area contributed by atoms with Gasteiger partial charge >= 0.3 is 0 Å². The summed E-state index contributed by atoms with van der Waals surface area (Å²) in [7, 11) is 0. The predicted molar refractivity (Wildman–Crippen MR) is 136 cm³/mol. The lowest BCUT2D eigenvalue weighted by molar-refractivity contribution is -0.115. The molecule has 0 fully saturated rings. The molecular formula is C25H21FN4O3S2. The number of thioether (sulfide) groups is 1. The first kappa shape index (κ1) is 24.4. The number of carbonyl (C=O) groups excluding carboxylic acids is 2. The Morgan fingerprint density at radius 2 is 1.94 bits per heavy atom. The third kappa shape index (κ3) is 5.84. The minimum Gasteiger partial charge on any atom is -0.435 e.